The van der Waals surface area contributed by atoms with Crippen LogP contribution in [0.15, 0.2) is 42.6 Å². The Morgan fingerprint density at radius 1 is 1.03 bits per heavy atom. The number of nitrogens with one attached hydrogen (secondary N) is 1. The van der Waals surface area contributed by atoms with Crippen LogP contribution in [0.1, 0.15) is 61.1 Å². The lowest BCUT2D eigenvalue weighted by Gasteiger charge is -2.12. The van der Waals surface area contributed by atoms with Crippen molar-refractivity contribution in [2.75, 3.05) is 19.5 Å². The zero-order valence-electron chi connectivity index (χ0n) is 18.3. The molecule has 1 amide bonds. The lowest BCUT2D eigenvalue weighted by molar-refractivity contribution is 0.0599. The number of aryl methyl sites for hydroxylation is 1. The second-order valence-corrected chi connectivity index (χ2v) is 8.21. The van der Waals surface area contributed by atoms with Crippen LogP contribution in [0.3, 0.4) is 0 Å². The van der Waals surface area contributed by atoms with E-state index >= 15 is 0 Å². The van der Waals surface area contributed by atoms with E-state index in [9.17, 15) is 14.4 Å². The molecule has 0 aliphatic heterocycles. The molecule has 1 aliphatic rings. The Labute approximate surface area is 195 Å². The number of hydrogen-bond donors (Lipinski definition) is 1. The highest BCUT2D eigenvalue weighted by Crippen LogP contribution is 2.42. The SMILES string of the molecule is COC(=O)c1cc(NC(=O)c2cnn(-c3ccc(C)c(Cl)c3)c2C2CC2)cc(C(=O)OC)c1. The molecular weight excluding hydrogens is 446 g/mol. The van der Waals surface area contributed by atoms with Gasteiger partial charge in [-0.1, -0.05) is 17.7 Å². The maximum Gasteiger partial charge on any atom is 0.337 e. The van der Waals surface area contributed by atoms with Gasteiger partial charge in [-0.2, -0.15) is 5.10 Å². The number of carbonyl (C=O) groups excluding carboxylic acids is 3. The topological polar surface area (TPSA) is 99.5 Å². The van der Waals surface area contributed by atoms with Gasteiger partial charge < -0.3 is 14.8 Å². The average Bonchev–Trinajstić information content (AvgIpc) is 3.56. The van der Waals surface area contributed by atoms with E-state index in [1.807, 2.05) is 25.1 Å². The zero-order valence-corrected chi connectivity index (χ0v) is 19.1. The number of esters is 2. The number of rotatable bonds is 6. The predicted molar refractivity (Wildman–Crippen MR) is 122 cm³/mol. The molecule has 1 aromatic heterocycles. The number of halogens is 1. The molecule has 33 heavy (non-hydrogen) atoms. The number of ether oxygens (including phenoxy) is 2. The Balaban J connectivity index is 1.69. The third-order valence-corrected chi connectivity index (χ3v) is 5.86. The van der Waals surface area contributed by atoms with Crippen LogP contribution >= 0.6 is 11.6 Å². The molecule has 170 valence electrons. The molecule has 1 aliphatic carbocycles. The van der Waals surface area contributed by atoms with Crippen molar-refractivity contribution >= 4 is 35.1 Å². The minimum atomic E-state index is -0.640. The van der Waals surface area contributed by atoms with Crippen molar-refractivity contribution in [1.29, 1.82) is 0 Å². The van der Waals surface area contributed by atoms with Crippen LogP contribution in [0, 0.1) is 6.92 Å². The van der Waals surface area contributed by atoms with Crippen LogP contribution in [0.5, 0.6) is 0 Å². The molecule has 9 heteroatoms. The van der Waals surface area contributed by atoms with Crippen molar-refractivity contribution in [1.82, 2.24) is 9.78 Å². The first kappa shape index (κ1) is 22.5. The summed E-state index contributed by atoms with van der Waals surface area (Å²) in [6.45, 7) is 1.92. The van der Waals surface area contributed by atoms with Gasteiger partial charge in [0, 0.05) is 16.6 Å². The summed E-state index contributed by atoms with van der Waals surface area (Å²) in [4.78, 5) is 37.3. The first-order chi connectivity index (χ1) is 15.8. The molecule has 0 unspecified atom stereocenters. The quantitative estimate of drug-likeness (QED) is 0.534. The minimum absolute atomic E-state index is 0.114. The van der Waals surface area contributed by atoms with Crippen molar-refractivity contribution in [2.24, 2.45) is 0 Å². The maximum atomic E-state index is 13.2. The van der Waals surface area contributed by atoms with Gasteiger partial charge in [-0.25, -0.2) is 14.3 Å². The fourth-order valence-corrected chi connectivity index (χ4v) is 3.75. The Kier molecular flexibility index (Phi) is 6.20. The number of hydrogen-bond acceptors (Lipinski definition) is 6. The molecule has 1 fully saturated rings. The van der Waals surface area contributed by atoms with Gasteiger partial charge >= 0.3 is 11.9 Å². The first-order valence-corrected chi connectivity index (χ1v) is 10.7. The molecule has 0 spiro atoms. The van der Waals surface area contributed by atoms with Gasteiger partial charge in [-0.15, -0.1) is 0 Å². The van der Waals surface area contributed by atoms with Crippen molar-refractivity contribution < 1.29 is 23.9 Å². The third-order valence-electron chi connectivity index (χ3n) is 5.45. The molecule has 1 N–H and O–H groups in total. The van der Waals surface area contributed by atoms with Crippen LogP contribution in [-0.2, 0) is 9.47 Å². The molecule has 0 bridgehead atoms. The highest BCUT2D eigenvalue weighted by atomic mass is 35.5. The van der Waals surface area contributed by atoms with Gasteiger partial charge in [-0.05, 0) is 55.7 Å². The maximum absolute atomic E-state index is 13.2. The predicted octanol–water partition coefficient (Wildman–Crippen LogP) is 4.54. The van der Waals surface area contributed by atoms with E-state index in [0.29, 0.717) is 10.6 Å². The Hall–Kier alpha value is -3.65. The Bertz CT molecular complexity index is 1230. The van der Waals surface area contributed by atoms with Crippen LogP contribution in [0.25, 0.3) is 5.69 Å². The van der Waals surface area contributed by atoms with Crippen LogP contribution in [-0.4, -0.2) is 41.8 Å². The smallest absolute Gasteiger partial charge is 0.337 e. The number of aromatic nitrogens is 2. The van der Waals surface area contributed by atoms with Crippen LogP contribution in [0.4, 0.5) is 5.69 Å². The van der Waals surface area contributed by atoms with E-state index in [4.69, 9.17) is 21.1 Å². The molecule has 1 saturated carbocycles. The Morgan fingerprint density at radius 3 is 2.21 bits per heavy atom. The summed E-state index contributed by atoms with van der Waals surface area (Å²) in [6, 6.07) is 9.86. The largest absolute Gasteiger partial charge is 0.465 e. The molecule has 8 nitrogen and oxygen atoms in total. The molecule has 1 heterocycles. The third kappa shape index (κ3) is 4.61. The molecule has 0 radical (unpaired) electrons. The number of amides is 1. The summed E-state index contributed by atoms with van der Waals surface area (Å²) >= 11 is 6.30. The van der Waals surface area contributed by atoms with E-state index in [-0.39, 0.29) is 22.7 Å². The van der Waals surface area contributed by atoms with Gasteiger partial charge in [0.25, 0.3) is 5.91 Å². The van der Waals surface area contributed by atoms with E-state index in [1.165, 1.54) is 38.6 Å². The number of nitrogens with zero attached hydrogens (tertiary/aromatic N) is 2. The number of anilines is 1. The van der Waals surface area contributed by atoms with Gasteiger partial charge in [0.1, 0.15) is 0 Å². The van der Waals surface area contributed by atoms with Gasteiger partial charge in [0.2, 0.25) is 0 Å². The summed E-state index contributed by atoms with van der Waals surface area (Å²) in [7, 11) is 2.47. The standard InChI is InChI=1S/C24H22ClN3O5/c1-13-4-7-18(11-20(13)25)28-21(14-5-6-14)19(12-26-28)22(29)27-17-9-15(23(30)32-2)8-16(10-17)24(31)33-3/h4,7-12,14H,5-6H2,1-3H3,(H,27,29). The second kappa shape index (κ2) is 9.07. The summed E-state index contributed by atoms with van der Waals surface area (Å²) in [5, 5.41) is 7.84. The zero-order chi connectivity index (χ0) is 23.7. The number of carbonyl (C=O) groups is 3. The average molecular weight is 468 g/mol. The van der Waals surface area contributed by atoms with Crippen molar-refractivity contribution in [2.45, 2.75) is 25.7 Å². The van der Waals surface area contributed by atoms with Crippen LogP contribution in [0.2, 0.25) is 5.02 Å². The number of benzene rings is 2. The van der Waals surface area contributed by atoms with Crippen molar-refractivity contribution in [3.8, 4) is 5.69 Å². The van der Waals surface area contributed by atoms with Crippen molar-refractivity contribution in [3.05, 3.63) is 75.6 Å². The molecule has 2 aromatic carbocycles. The molecule has 0 saturated heterocycles. The van der Waals surface area contributed by atoms with E-state index in [1.54, 1.807) is 4.68 Å². The highest BCUT2D eigenvalue weighted by molar-refractivity contribution is 6.31. The van der Waals surface area contributed by atoms with Gasteiger partial charge in [0.15, 0.2) is 0 Å². The minimum Gasteiger partial charge on any atom is -0.465 e. The Morgan fingerprint density at radius 2 is 1.67 bits per heavy atom. The summed E-state index contributed by atoms with van der Waals surface area (Å²) in [5.74, 6) is -1.47. The molecule has 0 atom stereocenters. The van der Waals surface area contributed by atoms with Crippen LogP contribution < -0.4 is 5.32 Å². The lowest BCUT2D eigenvalue weighted by atomic mass is 10.1. The fraction of sp³-hybridized carbons (Fsp3) is 0.250. The summed E-state index contributed by atoms with van der Waals surface area (Å²) in [5.41, 5.74) is 3.42. The molecule has 3 aromatic rings. The van der Waals surface area contributed by atoms with Gasteiger partial charge in [0.05, 0.1) is 48.5 Å². The van der Waals surface area contributed by atoms with E-state index in [2.05, 4.69) is 10.4 Å². The first-order valence-electron chi connectivity index (χ1n) is 10.3. The summed E-state index contributed by atoms with van der Waals surface area (Å²) in [6.07, 6.45) is 3.42. The van der Waals surface area contributed by atoms with Gasteiger partial charge in [-0.3, -0.25) is 4.79 Å². The molecular formula is C24H22ClN3O5. The van der Waals surface area contributed by atoms with E-state index < -0.39 is 17.8 Å². The monoisotopic (exact) mass is 467 g/mol. The van der Waals surface area contributed by atoms with E-state index in [0.717, 1.165) is 29.8 Å². The summed E-state index contributed by atoms with van der Waals surface area (Å²) < 4.78 is 11.2. The normalized spacial score (nSPS) is 12.8. The second-order valence-electron chi connectivity index (χ2n) is 7.80. The van der Waals surface area contributed by atoms with Crippen molar-refractivity contribution in [3.63, 3.8) is 0 Å². The number of methoxy groups -OCH3 is 2. The lowest BCUT2D eigenvalue weighted by Crippen LogP contribution is -2.16. The highest BCUT2D eigenvalue weighted by Gasteiger charge is 2.33. The fourth-order valence-electron chi connectivity index (χ4n) is 3.57. The molecule has 4 rings (SSSR count).